The van der Waals surface area contributed by atoms with E-state index in [1.54, 1.807) is 13.0 Å². The Hall–Kier alpha value is -0.980. The molecule has 0 aromatic heterocycles. The van der Waals surface area contributed by atoms with Gasteiger partial charge < -0.3 is 5.11 Å². The van der Waals surface area contributed by atoms with E-state index < -0.39 is 16.6 Å². The molecular weight excluding hydrogens is 245 g/mol. The van der Waals surface area contributed by atoms with Crippen LogP contribution in [0.25, 0.3) is 0 Å². The van der Waals surface area contributed by atoms with Gasteiger partial charge in [0.05, 0.1) is 12.4 Å². The lowest BCUT2D eigenvalue weighted by Gasteiger charge is -2.07. The van der Waals surface area contributed by atoms with Crippen molar-refractivity contribution in [2.24, 2.45) is 0 Å². The fourth-order valence-electron chi connectivity index (χ4n) is 1.47. The predicted molar refractivity (Wildman–Crippen MR) is 63.7 cm³/mol. The van der Waals surface area contributed by atoms with Crippen LogP contribution in [0.3, 0.4) is 0 Å². The van der Waals surface area contributed by atoms with E-state index in [1.807, 2.05) is 0 Å². The summed E-state index contributed by atoms with van der Waals surface area (Å²) in [6.45, 7) is 1.63. The first-order valence-corrected chi connectivity index (χ1v) is 6.93. The van der Waals surface area contributed by atoms with Gasteiger partial charge in [-0.25, -0.2) is 17.5 Å². The zero-order valence-corrected chi connectivity index (χ0v) is 10.4. The van der Waals surface area contributed by atoms with Crippen molar-refractivity contribution >= 4 is 10.0 Å². The number of aryl methyl sites for hydroxylation is 1. The van der Waals surface area contributed by atoms with Crippen LogP contribution in [0.1, 0.15) is 11.1 Å². The molecule has 96 valence electrons. The topological polar surface area (TPSA) is 66.4 Å². The lowest BCUT2D eigenvalue weighted by molar-refractivity contribution is 0.319. The molecule has 0 saturated carbocycles. The molecule has 0 atom stereocenters. The minimum Gasteiger partial charge on any atom is -0.395 e. The van der Waals surface area contributed by atoms with Gasteiger partial charge in [-0.1, -0.05) is 6.07 Å². The SMILES string of the molecule is Cc1cc(F)ccc1CCNS(=O)(=O)CCO. The molecule has 0 fully saturated rings. The van der Waals surface area contributed by atoms with E-state index in [0.717, 1.165) is 11.1 Å². The normalized spacial score (nSPS) is 11.7. The Morgan fingerprint density at radius 1 is 1.41 bits per heavy atom. The average Bonchev–Trinajstić information content (AvgIpc) is 2.21. The van der Waals surface area contributed by atoms with Crippen LogP contribution in [-0.4, -0.2) is 32.4 Å². The maximum absolute atomic E-state index is 12.8. The number of halogens is 1. The van der Waals surface area contributed by atoms with Crippen LogP contribution in [0, 0.1) is 12.7 Å². The highest BCUT2D eigenvalue weighted by atomic mass is 32.2. The summed E-state index contributed by atoms with van der Waals surface area (Å²) in [4.78, 5) is 0. The molecule has 0 amide bonds. The van der Waals surface area contributed by atoms with Crippen LogP contribution >= 0.6 is 0 Å². The molecule has 0 aliphatic rings. The summed E-state index contributed by atoms with van der Waals surface area (Å²) in [6.07, 6.45) is 0.497. The number of hydrogen-bond acceptors (Lipinski definition) is 3. The second-order valence-corrected chi connectivity index (χ2v) is 5.68. The smallest absolute Gasteiger partial charge is 0.213 e. The maximum Gasteiger partial charge on any atom is 0.213 e. The predicted octanol–water partition coefficient (Wildman–Crippen LogP) is 0.588. The van der Waals surface area contributed by atoms with Crippen LogP contribution in [-0.2, 0) is 16.4 Å². The number of hydrogen-bond donors (Lipinski definition) is 2. The van der Waals surface area contributed by atoms with Gasteiger partial charge in [0.15, 0.2) is 0 Å². The quantitative estimate of drug-likeness (QED) is 0.787. The van der Waals surface area contributed by atoms with E-state index in [9.17, 15) is 12.8 Å². The largest absolute Gasteiger partial charge is 0.395 e. The Kier molecular flexibility index (Phi) is 5.04. The number of sulfonamides is 1. The molecule has 2 N–H and O–H groups in total. The first kappa shape index (κ1) is 14.1. The van der Waals surface area contributed by atoms with Gasteiger partial charge in [-0.15, -0.1) is 0 Å². The van der Waals surface area contributed by atoms with Crippen molar-refractivity contribution in [1.82, 2.24) is 4.72 Å². The molecular formula is C11H16FNO3S. The molecule has 0 saturated heterocycles. The molecule has 0 heterocycles. The second-order valence-electron chi connectivity index (χ2n) is 3.76. The Labute approximate surface area is 101 Å². The van der Waals surface area contributed by atoms with Crippen molar-refractivity contribution in [2.45, 2.75) is 13.3 Å². The molecule has 0 unspecified atom stereocenters. The third-order valence-electron chi connectivity index (χ3n) is 2.38. The van der Waals surface area contributed by atoms with E-state index in [0.29, 0.717) is 6.42 Å². The summed E-state index contributed by atoms with van der Waals surface area (Å²) in [5.74, 6) is -0.595. The second kappa shape index (κ2) is 6.09. The van der Waals surface area contributed by atoms with Gasteiger partial charge in [-0.3, -0.25) is 0 Å². The Morgan fingerprint density at radius 2 is 2.12 bits per heavy atom. The number of nitrogens with one attached hydrogen (secondary N) is 1. The summed E-state index contributed by atoms with van der Waals surface area (Å²) in [6, 6.07) is 4.41. The van der Waals surface area contributed by atoms with Crippen LogP contribution in [0.2, 0.25) is 0 Å². The highest BCUT2D eigenvalue weighted by Crippen LogP contribution is 2.10. The fourth-order valence-corrected chi connectivity index (χ4v) is 2.27. The van der Waals surface area contributed by atoms with Crippen molar-refractivity contribution in [2.75, 3.05) is 18.9 Å². The molecule has 1 rings (SSSR count). The molecule has 0 bridgehead atoms. The monoisotopic (exact) mass is 261 g/mol. The molecule has 4 nitrogen and oxygen atoms in total. The van der Waals surface area contributed by atoms with Crippen molar-refractivity contribution in [3.05, 3.63) is 35.1 Å². The Morgan fingerprint density at radius 3 is 2.71 bits per heavy atom. The van der Waals surface area contributed by atoms with Gasteiger partial charge in [0.25, 0.3) is 0 Å². The van der Waals surface area contributed by atoms with Crippen molar-refractivity contribution in [3.63, 3.8) is 0 Å². The highest BCUT2D eigenvalue weighted by molar-refractivity contribution is 7.89. The lowest BCUT2D eigenvalue weighted by atomic mass is 10.1. The Bertz CT molecular complexity index is 474. The van der Waals surface area contributed by atoms with E-state index >= 15 is 0 Å². The van der Waals surface area contributed by atoms with Crippen LogP contribution in [0.5, 0.6) is 0 Å². The van der Waals surface area contributed by atoms with Crippen LogP contribution in [0.4, 0.5) is 4.39 Å². The number of aliphatic hydroxyl groups excluding tert-OH is 1. The standard InChI is InChI=1S/C11H16FNO3S/c1-9-8-11(12)3-2-10(9)4-5-13-17(15,16)7-6-14/h2-3,8,13-14H,4-7H2,1H3. The Balaban J connectivity index is 2.51. The minimum absolute atomic E-state index is 0.245. The summed E-state index contributed by atoms with van der Waals surface area (Å²) >= 11 is 0. The third kappa shape index (κ3) is 4.80. The summed E-state index contributed by atoms with van der Waals surface area (Å²) in [7, 11) is -3.40. The molecule has 17 heavy (non-hydrogen) atoms. The number of aliphatic hydroxyl groups is 1. The molecule has 0 aliphatic carbocycles. The summed E-state index contributed by atoms with van der Waals surface area (Å²) in [5, 5.41) is 8.53. The molecule has 0 aliphatic heterocycles. The third-order valence-corrected chi connectivity index (χ3v) is 3.74. The van der Waals surface area contributed by atoms with Crippen LogP contribution < -0.4 is 4.72 Å². The van der Waals surface area contributed by atoms with E-state index in [-0.39, 0.29) is 18.1 Å². The van der Waals surface area contributed by atoms with Gasteiger partial charge in [-0.05, 0) is 36.6 Å². The molecule has 0 spiro atoms. The fraction of sp³-hybridized carbons (Fsp3) is 0.455. The van der Waals surface area contributed by atoms with Crippen LogP contribution in [0.15, 0.2) is 18.2 Å². The van der Waals surface area contributed by atoms with E-state index in [4.69, 9.17) is 5.11 Å². The average molecular weight is 261 g/mol. The minimum atomic E-state index is -3.40. The molecule has 0 radical (unpaired) electrons. The maximum atomic E-state index is 12.8. The van der Waals surface area contributed by atoms with Gasteiger partial charge in [0, 0.05) is 6.54 Å². The van der Waals surface area contributed by atoms with Gasteiger partial charge >= 0.3 is 0 Å². The molecule has 1 aromatic rings. The van der Waals surface area contributed by atoms with E-state index in [1.165, 1.54) is 12.1 Å². The van der Waals surface area contributed by atoms with E-state index in [2.05, 4.69) is 4.72 Å². The van der Waals surface area contributed by atoms with Crippen molar-refractivity contribution in [1.29, 1.82) is 0 Å². The first-order valence-electron chi connectivity index (χ1n) is 5.28. The number of benzene rings is 1. The van der Waals surface area contributed by atoms with Gasteiger partial charge in [0.1, 0.15) is 5.82 Å². The molecule has 1 aromatic carbocycles. The summed E-state index contributed by atoms with van der Waals surface area (Å²) in [5.41, 5.74) is 1.70. The van der Waals surface area contributed by atoms with Gasteiger partial charge in [-0.2, -0.15) is 0 Å². The highest BCUT2D eigenvalue weighted by Gasteiger charge is 2.08. The summed E-state index contributed by atoms with van der Waals surface area (Å²) < 4.78 is 37.6. The van der Waals surface area contributed by atoms with Gasteiger partial charge in [0.2, 0.25) is 10.0 Å². The van der Waals surface area contributed by atoms with Crippen molar-refractivity contribution in [3.8, 4) is 0 Å². The molecule has 6 heteroatoms. The zero-order valence-electron chi connectivity index (χ0n) is 9.61. The first-order chi connectivity index (χ1) is 7.94. The zero-order chi connectivity index (χ0) is 12.9. The number of rotatable bonds is 6. The lowest BCUT2D eigenvalue weighted by Crippen LogP contribution is -2.29. The van der Waals surface area contributed by atoms with Crippen molar-refractivity contribution < 1.29 is 17.9 Å².